The Morgan fingerprint density at radius 3 is 2.57 bits per heavy atom. The lowest BCUT2D eigenvalue weighted by molar-refractivity contribution is -0.124. The van der Waals surface area contributed by atoms with E-state index < -0.39 is 6.10 Å². The van der Waals surface area contributed by atoms with Gasteiger partial charge in [0.1, 0.15) is 17.2 Å². The molecule has 11 heteroatoms. The predicted octanol–water partition coefficient (Wildman–Crippen LogP) is 4.12. The standard InChI is InChI=1S/C24H21N5O5S/c1-13-12-35-24(26-13)27-21(30)16-9-18(11-19(10-16)34-20-7-8-25-22(20)31)33-17-5-3-15(4-6-17)23-29-28-14(2)32-23/h3-6,9-12,20H,7-8H2,1-2H3,(H,25,31)(H,26,27,30). The van der Waals surface area contributed by atoms with Gasteiger partial charge in [-0.1, -0.05) is 0 Å². The molecule has 10 nitrogen and oxygen atoms in total. The van der Waals surface area contributed by atoms with Crippen LogP contribution < -0.4 is 20.1 Å². The zero-order valence-corrected chi connectivity index (χ0v) is 19.7. The van der Waals surface area contributed by atoms with Crippen LogP contribution >= 0.6 is 11.3 Å². The first kappa shape index (κ1) is 22.5. The Kier molecular flexibility index (Phi) is 6.15. The van der Waals surface area contributed by atoms with Crippen LogP contribution in [-0.4, -0.2) is 39.6 Å². The van der Waals surface area contributed by atoms with Gasteiger partial charge >= 0.3 is 0 Å². The smallest absolute Gasteiger partial charge is 0.261 e. The maximum absolute atomic E-state index is 12.9. The monoisotopic (exact) mass is 491 g/mol. The number of anilines is 1. The van der Waals surface area contributed by atoms with E-state index in [0.717, 1.165) is 11.3 Å². The van der Waals surface area contributed by atoms with Crippen molar-refractivity contribution in [1.82, 2.24) is 20.5 Å². The van der Waals surface area contributed by atoms with Crippen LogP contribution in [0.4, 0.5) is 5.13 Å². The molecule has 0 bridgehead atoms. The Bertz CT molecular complexity index is 1380. The third-order valence-electron chi connectivity index (χ3n) is 5.12. The van der Waals surface area contributed by atoms with Crippen LogP contribution in [-0.2, 0) is 4.79 Å². The lowest BCUT2D eigenvalue weighted by Crippen LogP contribution is -2.27. The van der Waals surface area contributed by atoms with Crippen molar-refractivity contribution in [1.29, 1.82) is 0 Å². The summed E-state index contributed by atoms with van der Waals surface area (Å²) in [7, 11) is 0. The fourth-order valence-electron chi connectivity index (χ4n) is 3.47. The molecular formula is C24H21N5O5S. The minimum Gasteiger partial charge on any atom is -0.480 e. The van der Waals surface area contributed by atoms with E-state index in [-0.39, 0.29) is 11.8 Å². The molecule has 35 heavy (non-hydrogen) atoms. The average molecular weight is 492 g/mol. The summed E-state index contributed by atoms with van der Waals surface area (Å²) in [6.07, 6.45) is -0.0830. The van der Waals surface area contributed by atoms with Crippen LogP contribution in [0.15, 0.2) is 52.3 Å². The molecule has 1 fully saturated rings. The lowest BCUT2D eigenvalue weighted by Gasteiger charge is -2.14. The summed E-state index contributed by atoms with van der Waals surface area (Å²) in [5, 5.41) is 15.7. The first-order valence-corrected chi connectivity index (χ1v) is 11.7. The molecule has 2 aromatic carbocycles. The maximum atomic E-state index is 12.9. The summed E-state index contributed by atoms with van der Waals surface area (Å²) >= 11 is 1.34. The second kappa shape index (κ2) is 9.55. The van der Waals surface area contributed by atoms with E-state index in [2.05, 4.69) is 25.8 Å². The number of hydrogen-bond donors (Lipinski definition) is 2. The Hall–Kier alpha value is -4.25. The van der Waals surface area contributed by atoms with Gasteiger partial charge in [-0.05, 0) is 43.3 Å². The minimum absolute atomic E-state index is 0.188. The molecule has 0 radical (unpaired) electrons. The zero-order chi connectivity index (χ0) is 24.4. The van der Waals surface area contributed by atoms with E-state index in [4.69, 9.17) is 13.9 Å². The van der Waals surface area contributed by atoms with Gasteiger partial charge in [0.15, 0.2) is 11.2 Å². The number of rotatable bonds is 7. The Morgan fingerprint density at radius 1 is 1.11 bits per heavy atom. The Balaban J connectivity index is 1.39. The second-order valence-electron chi connectivity index (χ2n) is 7.88. The van der Waals surface area contributed by atoms with Crippen LogP contribution in [0.25, 0.3) is 11.5 Å². The molecule has 1 unspecified atom stereocenters. The lowest BCUT2D eigenvalue weighted by atomic mass is 10.1. The number of benzene rings is 2. The van der Waals surface area contributed by atoms with Gasteiger partial charge in [0.2, 0.25) is 11.8 Å². The molecular weight excluding hydrogens is 470 g/mol. The molecule has 0 spiro atoms. The molecule has 1 saturated heterocycles. The van der Waals surface area contributed by atoms with Gasteiger partial charge in [-0.25, -0.2) is 4.98 Å². The number of ether oxygens (including phenoxy) is 2. The minimum atomic E-state index is -0.625. The summed E-state index contributed by atoms with van der Waals surface area (Å²) in [5.41, 5.74) is 1.88. The van der Waals surface area contributed by atoms with Gasteiger partial charge in [0, 0.05) is 42.5 Å². The van der Waals surface area contributed by atoms with Crippen LogP contribution in [0.3, 0.4) is 0 Å². The number of hydrogen-bond acceptors (Lipinski definition) is 9. The van der Waals surface area contributed by atoms with Crippen LogP contribution in [0.5, 0.6) is 17.2 Å². The highest BCUT2D eigenvalue weighted by Gasteiger charge is 2.26. The highest BCUT2D eigenvalue weighted by atomic mass is 32.1. The van der Waals surface area contributed by atoms with E-state index in [1.54, 1.807) is 49.4 Å². The number of aryl methyl sites for hydroxylation is 2. The van der Waals surface area contributed by atoms with Crippen LogP contribution in [0, 0.1) is 13.8 Å². The van der Waals surface area contributed by atoms with Crippen LogP contribution in [0.1, 0.15) is 28.4 Å². The van der Waals surface area contributed by atoms with Gasteiger partial charge in [-0.3, -0.25) is 14.9 Å². The molecule has 1 aliphatic heterocycles. The van der Waals surface area contributed by atoms with Gasteiger partial charge < -0.3 is 19.2 Å². The van der Waals surface area contributed by atoms with E-state index in [0.29, 0.717) is 52.7 Å². The number of aromatic nitrogens is 3. The van der Waals surface area contributed by atoms with Crippen molar-refractivity contribution >= 4 is 28.3 Å². The predicted molar refractivity (Wildman–Crippen MR) is 128 cm³/mol. The van der Waals surface area contributed by atoms with Crippen LogP contribution in [0.2, 0.25) is 0 Å². The molecule has 5 rings (SSSR count). The number of amides is 2. The van der Waals surface area contributed by atoms with E-state index >= 15 is 0 Å². The summed E-state index contributed by atoms with van der Waals surface area (Å²) in [4.78, 5) is 29.2. The highest BCUT2D eigenvalue weighted by molar-refractivity contribution is 7.13. The van der Waals surface area contributed by atoms with Crippen molar-refractivity contribution in [2.75, 3.05) is 11.9 Å². The fraction of sp³-hybridized carbons (Fsp3) is 0.208. The van der Waals surface area contributed by atoms with Gasteiger partial charge in [-0.2, -0.15) is 0 Å². The summed E-state index contributed by atoms with van der Waals surface area (Å²) in [6.45, 7) is 4.12. The van der Waals surface area contributed by atoms with Gasteiger partial charge in [0.05, 0.1) is 5.69 Å². The molecule has 4 aromatic rings. The van der Waals surface area contributed by atoms with Crippen molar-refractivity contribution < 1.29 is 23.5 Å². The van der Waals surface area contributed by atoms with Crippen molar-refractivity contribution in [2.24, 2.45) is 0 Å². The highest BCUT2D eigenvalue weighted by Crippen LogP contribution is 2.31. The molecule has 0 aliphatic carbocycles. The molecule has 1 atom stereocenters. The van der Waals surface area contributed by atoms with Crippen molar-refractivity contribution in [3.63, 3.8) is 0 Å². The topological polar surface area (TPSA) is 128 Å². The third kappa shape index (κ3) is 5.30. The molecule has 2 aromatic heterocycles. The molecule has 2 amide bonds. The number of nitrogens with zero attached hydrogens (tertiary/aromatic N) is 3. The summed E-state index contributed by atoms with van der Waals surface area (Å²) < 4.78 is 17.3. The van der Waals surface area contributed by atoms with Crippen molar-refractivity contribution in [2.45, 2.75) is 26.4 Å². The molecule has 178 valence electrons. The number of carbonyl (C=O) groups excluding carboxylic acids is 2. The Morgan fingerprint density at radius 2 is 1.91 bits per heavy atom. The zero-order valence-electron chi connectivity index (χ0n) is 18.9. The second-order valence-corrected chi connectivity index (χ2v) is 8.74. The first-order chi connectivity index (χ1) is 16.9. The van der Waals surface area contributed by atoms with E-state index in [1.165, 1.54) is 11.3 Å². The van der Waals surface area contributed by atoms with E-state index in [1.807, 2.05) is 12.3 Å². The number of thiazole rings is 1. The van der Waals surface area contributed by atoms with E-state index in [9.17, 15) is 9.59 Å². The van der Waals surface area contributed by atoms with Crippen molar-refractivity contribution in [3.8, 4) is 28.7 Å². The molecule has 2 N–H and O–H groups in total. The summed E-state index contributed by atoms with van der Waals surface area (Å²) in [6, 6.07) is 11.9. The molecule has 3 heterocycles. The number of carbonyl (C=O) groups is 2. The quantitative estimate of drug-likeness (QED) is 0.395. The average Bonchev–Trinajstić information content (AvgIpc) is 3.56. The van der Waals surface area contributed by atoms with Gasteiger partial charge in [-0.15, -0.1) is 21.5 Å². The maximum Gasteiger partial charge on any atom is 0.261 e. The first-order valence-electron chi connectivity index (χ1n) is 10.8. The summed E-state index contributed by atoms with van der Waals surface area (Å²) in [5.74, 6) is 1.59. The van der Waals surface area contributed by atoms with Gasteiger partial charge in [0.25, 0.3) is 11.8 Å². The molecule has 1 aliphatic rings. The third-order valence-corrected chi connectivity index (χ3v) is 6.00. The Labute approximate surface area is 204 Å². The SMILES string of the molecule is Cc1csc(NC(=O)c2cc(Oc3ccc(-c4nnc(C)o4)cc3)cc(OC3CCNC3=O)c2)n1. The molecule has 0 saturated carbocycles. The van der Waals surface area contributed by atoms with Crippen molar-refractivity contribution in [3.05, 3.63) is 65.0 Å². The largest absolute Gasteiger partial charge is 0.480 e. The number of nitrogens with one attached hydrogen (secondary N) is 2. The normalized spacial score (nSPS) is 15.0. The fourth-order valence-corrected chi connectivity index (χ4v) is 4.16.